The molecule has 1 aromatic carbocycles. The van der Waals surface area contributed by atoms with Gasteiger partial charge in [-0.2, -0.15) is 5.10 Å². The number of nitrogens with zero attached hydrogens (tertiary/aromatic N) is 2. The number of hydrogen-bond donors (Lipinski definition) is 3. The van der Waals surface area contributed by atoms with Gasteiger partial charge in [0.1, 0.15) is 0 Å². The molecule has 0 bridgehead atoms. The smallest absolute Gasteiger partial charge is 0.257 e. The van der Waals surface area contributed by atoms with Crippen molar-refractivity contribution in [2.24, 2.45) is 0 Å². The fourth-order valence-electron chi connectivity index (χ4n) is 2.32. The predicted molar refractivity (Wildman–Crippen MR) is 85.3 cm³/mol. The van der Waals surface area contributed by atoms with Gasteiger partial charge in [0.25, 0.3) is 5.91 Å². The molecule has 2 aromatic rings. The van der Waals surface area contributed by atoms with Crippen LogP contribution in [0.2, 0.25) is 0 Å². The molecule has 112 valence electrons. The van der Waals surface area contributed by atoms with Crippen molar-refractivity contribution >= 4 is 23.0 Å². The molecule has 0 fully saturated rings. The number of nitrogens with two attached hydrogens (primary N) is 2. The van der Waals surface area contributed by atoms with E-state index in [1.807, 2.05) is 32.4 Å². The van der Waals surface area contributed by atoms with E-state index in [0.717, 1.165) is 17.1 Å². The summed E-state index contributed by atoms with van der Waals surface area (Å²) in [5.41, 5.74) is 15.2. The fourth-order valence-corrected chi connectivity index (χ4v) is 2.32. The van der Waals surface area contributed by atoms with Gasteiger partial charge < -0.3 is 16.8 Å². The number of aryl methyl sites for hydroxylation is 1. The van der Waals surface area contributed by atoms with Crippen LogP contribution in [0.1, 0.15) is 41.6 Å². The third-order valence-electron chi connectivity index (χ3n) is 3.37. The molecule has 5 N–H and O–H groups in total. The van der Waals surface area contributed by atoms with Crippen LogP contribution in [0.15, 0.2) is 18.2 Å². The van der Waals surface area contributed by atoms with Crippen LogP contribution in [0.3, 0.4) is 0 Å². The van der Waals surface area contributed by atoms with Gasteiger partial charge in [0.15, 0.2) is 0 Å². The summed E-state index contributed by atoms with van der Waals surface area (Å²) in [6, 6.07) is 5.09. The number of aromatic nitrogens is 2. The van der Waals surface area contributed by atoms with Crippen molar-refractivity contribution < 1.29 is 4.79 Å². The summed E-state index contributed by atoms with van der Waals surface area (Å²) in [7, 11) is 0. The highest BCUT2D eigenvalue weighted by molar-refractivity contribution is 6.08. The standard InChI is InChI=1S/C15H21N5O/c1-8(2)20-10(4)14(9(3)19-20)18-15(21)12-6-5-11(16)7-13(12)17/h5-8H,16-17H2,1-4H3,(H,18,21). The second-order valence-electron chi connectivity index (χ2n) is 5.38. The minimum absolute atomic E-state index is 0.232. The molecule has 0 spiro atoms. The van der Waals surface area contributed by atoms with Crippen molar-refractivity contribution in [3.05, 3.63) is 35.2 Å². The van der Waals surface area contributed by atoms with Crippen LogP contribution in [0.4, 0.5) is 17.1 Å². The lowest BCUT2D eigenvalue weighted by molar-refractivity contribution is 0.102. The van der Waals surface area contributed by atoms with E-state index < -0.39 is 0 Å². The van der Waals surface area contributed by atoms with Gasteiger partial charge >= 0.3 is 0 Å². The minimum atomic E-state index is -0.262. The molecule has 21 heavy (non-hydrogen) atoms. The first-order valence-electron chi connectivity index (χ1n) is 6.83. The summed E-state index contributed by atoms with van der Waals surface area (Å²) in [5, 5.41) is 7.33. The zero-order chi connectivity index (χ0) is 15.7. The summed E-state index contributed by atoms with van der Waals surface area (Å²) >= 11 is 0. The van der Waals surface area contributed by atoms with Crippen molar-refractivity contribution in [2.75, 3.05) is 16.8 Å². The molecule has 0 aliphatic rings. The number of nitrogen functional groups attached to an aromatic ring is 2. The number of carbonyl (C=O) groups excluding carboxylic acids is 1. The van der Waals surface area contributed by atoms with E-state index in [1.54, 1.807) is 18.2 Å². The average Bonchev–Trinajstić information content (AvgIpc) is 2.66. The first-order chi connectivity index (χ1) is 9.81. The number of carbonyl (C=O) groups is 1. The number of benzene rings is 1. The molecule has 6 heteroatoms. The molecule has 6 nitrogen and oxygen atoms in total. The first-order valence-corrected chi connectivity index (χ1v) is 6.83. The van der Waals surface area contributed by atoms with E-state index in [2.05, 4.69) is 10.4 Å². The van der Waals surface area contributed by atoms with Crippen molar-refractivity contribution in [1.29, 1.82) is 0 Å². The first kappa shape index (κ1) is 14.9. The van der Waals surface area contributed by atoms with Crippen LogP contribution in [0, 0.1) is 13.8 Å². The minimum Gasteiger partial charge on any atom is -0.399 e. The predicted octanol–water partition coefficient (Wildman–Crippen LogP) is 2.50. The zero-order valence-electron chi connectivity index (χ0n) is 12.8. The van der Waals surface area contributed by atoms with Gasteiger partial charge in [-0.05, 0) is 45.9 Å². The van der Waals surface area contributed by atoms with Crippen LogP contribution in [0.5, 0.6) is 0 Å². The Labute approximate surface area is 124 Å². The number of hydrogen-bond acceptors (Lipinski definition) is 4. The van der Waals surface area contributed by atoms with E-state index in [-0.39, 0.29) is 11.9 Å². The summed E-state index contributed by atoms with van der Waals surface area (Å²) < 4.78 is 1.89. The van der Waals surface area contributed by atoms with Gasteiger partial charge in [-0.1, -0.05) is 0 Å². The van der Waals surface area contributed by atoms with Crippen LogP contribution in [-0.2, 0) is 0 Å². The van der Waals surface area contributed by atoms with E-state index in [1.165, 1.54) is 0 Å². The third-order valence-corrected chi connectivity index (χ3v) is 3.37. The van der Waals surface area contributed by atoms with Gasteiger partial charge in [0, 0.05) is 17.4 Å². The summed E-state index contributed by atoms with van der Waals surface area (Å²) in [5.74, 6) is -0.262. The molecule has 0 unspecified atom stereocenters. The van der Waals surface area contributed by atoms with Crippen molar-refractivity contribution in [3.8, 4) is 0 Å². The molecule has 0 saturated carbocycles. The maximum absolute atomic E-state index is 12.4. The van der Waals surface area contributed by atoms with Crippen molar-refractivity contribution in [3.63, 3.8) is 0 Å². The highest BCUT2D eigenvalue weighted by Crippen LogP contribution is 2.24. The molecule has 2 rings (SSSR count). The molecule has 0 aliphatic heterocycles. The normalized spacial score (nSPS) is 10.9. The van der Waals surface area contributed by atoms with Gasteiger partial charge in [-0.25, -0.2) is 0 Å². The van der Waals surface area contributed by atoms with E-state index in [9.17, 15) is 4.79 Å². The molecule has 1 heterocycles. The molecule has 0 atom stereocenters. The molecule has 0 saturated heterocycles. The van der Waals surface area contributed by atoms with Gasteiger partial charge in [0.05, 0.1) is 22.6 Å². The maximum atomic E-state index is 12.4. The van der Waals surface area contributed by atoms with Crippen molar-refractivity contribution in [2.45, 2.75) is 33.7 Å². The van der Waals surface area contributed by atoms with Crippen molar-refractivity contribution in [1.82, 2.24) is 9.78 Å². The Morgan fingerprint density at radius 2 is 1.95 bits per heavy atom. The molecule has 1 aromatic heterocycles. The quantitative estimate of drug-likeness (QED) is 0.755. The Balaban J connectivity index is 2.32. The van der Waals surface area contributed by atoms with E-state index in [0.29, 0.717) is 16.9 Å². The molecular formula is C15H21N5O. The van der Waals surface area contributed by atoms with Gasteiger partial charge in [0.2, 0.25) is 0 Å². The lowest BCUT2D eigenvalue weighted by atomic mass is 10.1. The van der Waals surface area contributed by atoms with Crippen LogP contribution in [0.25, 0.3) is 0 Å². The van der Waals surface area contributed by atoms with Crippen LogP contribution < -0.4 is 16.8 Å². The molecule has 1 amide bonds. The Morgan fingerprint density at radius 3 is 2.48 bits per heavy atom. The number of amides is 1. The third kappa shape index (κ3) is 2.84. The Hall–Kier alpha value is -2.50. The number of anilines is 3. The highest BCUT2D eigenvalue weighted by Gasteiger charge is 2.17. The topological polar surface area (TPSA) is 99.0 Å². The fraction of sp³-hybridized carbons (Fsp3) is 0.333. The largest absolute Gasteiger partial charge is 0.399 e. The highest BCUT2D eigenvalue weighted by atomic mass is 16.1. The number of rotatable bonds is 3. The van der Waals surface area contributed by atoms with Crippen LogP contribution >= 0.6 is 0 Å². The molecule has 0 radical (unpaired) electrons. The summed E-state index contributed by atoms with van der Waals surface area (Å²) in [6.07, 6.45) is 0. The summed E-state index contributed by atoms with van der Waals surface area (Å²) in [6.45, 7) is 7.89. The Morgan fingerprint density at radius 1 is 1.29 bits per heavy atom. The second kappa shape index (κ2) is 5.47. The monoisotopic (exact) mass is 287 g/mol. The average molecular weight is 287 g/mol. The Bertz CT molecular complexity index is 688. The Kier molecular flexibility index (Phi) is 3.88. The molecular weight excluding hydrogens is 266 g/mol. The van der Waals surface area contributed by atoms with E-state index in [4.69, 9.17) is 11.5 Å². The maximum Gasteiger partial charge on any atom is 0.257 e. The summed E-state index contributed by atoms with van der Waals surface area (Å²) in [4.78, 5) is 12.4. The second-order valence-corrected chi connectivity index (χ2v) is 5.38. The number of nitrogens with one attached hydrogen (secondary N) is 1. The lowest BCUT2D eigenvalue weighted by Gasteiger charge is -2.10. The zero-order valence-corrected chi connectivity index (χ0v) is 12.8. The van der Waals surface area contributed by atoms with Crippen LogP contribution in [-0.4, -0.2) is 15.7 Å². The molecule has 0 aliphatic carbocycles. The SMILES string of the molecule is Cc1nn(C(C)C)c(C)c1NC(=O)c1ccc(N)cc1N. The van der Waals surface area contributed by atoms with Gasteiger partial charge in [-0.3, -0.25) is 9.48 Å². The lowest BCUT2D eigenvalue weighted by Crippen LogP contribution is -2.15. The van der Waals surface area contributed by atoms with Gasteiger partial charge in [-0.15, -0.1) is 0 Å². The van der Waals surface area contributed by atoms with E-state index >= 15 is 0 Å².